The Kier molecular flexibility index (Phi) is 6.06. The molecule has 2 aromatic carbocycles. The van der Waals surface area contributed by atoms with E-state index >= 15 is 0 Å². The van der Waals surface area contributed by atoms with Gasteiger partial charge in [0, 0.05) is 24.6 Å². The van der Waals surface area contributed by atoms with E-state index in [2.05, 4.69) is 41.8 Å². The summed E-state index contributed by atoms with van der Waals surface area (Å²) in [6, 6.07) is 14.1. The summed E-state index contributed by atoms with van der Waals surface area (Å²) in [4.78, 5) is 11.8. The van der Waals surface area contributed by atoms with Gasteiger partial charge in [-0.1, -0.05) is 35.9 Å². The summed E-state index contributed by atoms with van der Waals surface area (Å²) in [6.45, 7) is 3.44. The molecule has 2 N–H and O–H groups in total. The van der Waals surface area contributed by atoms with Crippen LogP contribution < -0.4 is 20.1 Å². The fourth-order valence-corrected chi connectivity index (χ4v) is 3.23. The third-order valence-corrected chi connectivity index (χ3v) is 4.84. The number of nitrogens with one attached hydrogen (secondary N) is 2. The zero-order valence-electron chi connectivity index (χ0n) is 14.2. The quantitative estimate of drug-likeness (QED) is 0.744. The normalized spacial score (nSPS) is 12.0. The zero-order chi connectivity index (χ0) is 17.5. The third kappa shape index (κ3) is 5.32. The molecule has 0 bridgehead atoms. The maximum Gasteiger partial charge on any atom is 0.315 e. The number of amides is 2. The van der Waals surface area contributed by atoms with Gasteiger partial charge in [-0.3, -0.25) is 0 Å². The SMILES string of the molecule is Cc1ccc(CSCCNC(=O)NCc2ccc3c(c2)OCO3)cc1. The van der Waals surface area contributed by atoms with Gasteiger partial charge in [-0.05, 0) is 30.2 Å². The van der Waals surface area contributed by atoms with Crippen molar-refractivity contribution in [1.82, 2.24) is 10.6 Å². The molecular weight excluding hydrogens is 336 g/mol. The van der Waals surface area contributed by atoms with E-state index in [1.165, 1.54) is 11.1 Å². The molecule has 0 atom stereocenters. The van der Waals surface area contributed by atoms with Crippen molar-refractivity contribution in [2.24, 2.45) is 0 Å². The Morgan fingerprint density at radius 2 is 1.80 bits per heavy atom. The highest BCUT2D eigenvalue weighted by molar-refractivity contribution is 7.98. The number of hydrogen-bond acceptors (Lipinski definition) is 4. The number of fused-ring (bicyclic) bond motifs is 1. The Hall–Kier alpha value is -2.34. The molecule has 6 heteroatoms. The minimum Gasteiger partial charge on any atom is -0.454 e. The molecule has 0 aliphatic carbocycles. The van der Waals surface area contributed by atoms with Crippen molar-refractivity contribution in [3.8, 4) is 11.5 Å². The number of rotatable bonds is 7. The molecule has 0 aromatic heterocycles. The second-order valence-corrected chi connectivity index (χ2v) is 6.94. The lowest BCUT2D eigenvalue weighted by Crippen LogP contribution is -2.36. The van der Waals surface area contributed by atoms with Crippen molar-refractivity contribution in [3.05, 3.63) is 59.2 Å². The monoisotopic (exact) mass is 358 g/mol. The first-order chi connectivity index (χ1) is 12.2. The summed E-state index contributed by atoms with van der Waals surface area (Å²) in [5.74, 6) is 3.32. The average molecular weight is 358 g/mol. The van der Waals surface area contributed by atoms with E-state index in [1.807, 2.05) is 30.0 Å². The fourth-order valence-electron chi connectivity index (χ4n) is 2.41. The number of carbonyl (C=O) groups excluding carboxylic acids is 1. The minimum atomic E-state index is -0.159. The summed E-state index contributed by atoms with van der Waals surface area (Å²) in [6.07, 6.45) is 0. The molecule has 1 aliphatic rings. The predicted molar refractivity (Wildman–Crippen MR) is 100 cm³/mol. The van der Waals surface area contributed by atoms with Crippen LogP contribution in [0.4, 0.5) is 4.79 Å². The number of ether oxygens (including phenoxy) is 2. The molecule has 5 nitrogen and oxygen atoms in total. The third-order valence-electron chi connectivity index (χ3n) is 3.81. The molecule has 1 heterocycles. The highest BCUT2D eigenvalue weighted by Gasteiger charge is 2.13. The molecular formula is C19H22N2O3S. The van der Waals surface area contributed by atoms with Crippen molar-refractivity contribution in [2.75, 3.05) is 19.1 Å². The molecule has 2 amide bonds. The van der Waals surface area contributed by atoms with Crippen molar-refractivity contribution in [2.45, 2.75) is 19.2 Å². The summed E-state index contributed by atoms with van der Waals surface area (Å²) in [7, 11) is 0. The second-order valence-electron chi connectivity index (χ2n) is 5.84. The molecule has 0 saturated heterocycles. The lowest BCUT2D eigenvalue weighted by Gasteiger charge is -2.08. The fraction of sp³-hybridized carbons (Fsp3) is 0.316. The van der Waals surface area contributed by atoms with Crippen LogP contribution in [0.15, 0.2) is 42.5 Å². The molecule has 3 rings (SSSR count). The van der Waals surface area contributed by atoms with Gasteiger partial charge in [-0.15, -0.1) is 0 Å². The Labute approximate surface area is 152 Å². The van der Waals surface area contributed by atoms with Gasteiger partial charge in [-0.25, -0.2) is 4.79 Å². The first-order valence-corrected chi connectivity index (χ1v) is 9.40. The maximum absolute atomic E-state index is 11.8. The smallest absolute Gasteiger partial charge is 0.315 e. The Balaban J connectivity index is 1.30. The Bertz CT molecular complexity index is 719. The van der Waals surface area contributed by atoms with Crippen LogP contribution >= 0.6 is 11.8 Å². The molecule has 2 aromatic rings. The second kappa shape index (κ2) is 8.67. The molecule has 0 spiro atoms. The zero-order valence-corrected chi connectivity index (χ0v) is 15.0. The van der Waals surface area contributed by atoms with Crippen LogP contribution in [-0.4, -0.2) is 25.1 Å². The molecule has 0 saturated carbocycles. The first kappa shape index (κ1) is 17.5. The first-order valence-electron chi connectivity index (χ1n) is 8.24. The lowest BCUT2D eigenvalue weighted by atomic mass is 10.2. The van der Waals surface area contributed by atoms with E-state index in [9.17, 15) is 4.79 Å². The molecule has 0 fully saturated rings. The van der Waals surface area contributed by atoms with Gasteiger partial charge in [0.25, 0.3) is 0 Å². The van der Waals surface area contributed by atoms with Gasteiger partial charge in [0.1, 0.15) is 0 Å². The van der Waals surface area contributed by atoms with Crippen LogP contribution in [0.3, 0.4) is 0 Å². The summed E-state index contributed by atoms with van der Waals surface area (Å²) in [5, 5.41) is 5.72. The van der Waals surface area contributed by atoms with Crippen LogP contribution in [-0.2, 0) is 12.3 Å². The summed E-state index contributed by atoms with van der Waals surface area (Å²) in [5.41, 5.74) is 3.56. The van der Waals surface area contributed by atoms with E-state index in [0.29, 0.717) is 13.1 Å². The topological polar surface area (TPSA) is 59.6 Å². The molecule has 132 valence electrons. The van der Waals surface area contributed by atoms with Crippen LogP contribution in [0.25, 0.3) is 0 Å². The standard InChI is InChI=1S/C19H22N2O3S/c1-14-2-4-15(5-3-14)12-25-9-8-20-19(22)21-11-16-6-7-17-18(10-16)24-13-23-17/h2-7,10H,8-9,11-13H2,1H3,(H2,20,21,22). The van der Waals surface area contributed by atoms with Gasteiger partial charge in [0.15, 0.2) is 11.5 Å². The van der Waals surface area contributed by atoms with Crippen molar-refractivity contribution in [3.63, 3.8) is 0 Å². The van der Waals surface area contributed by atoms with E-state index < -0.39 is 0 Å². The van der Waals surface area contributed by atoms with Gasteiger partial charge in [0.2, 0.25) is 6.79 Å². The summed E-state index contributed by atoms with van der Waals surface area (Å²) < 4.78 is 10.6. The van der Waals surface area contributed by atoms with Gasteiger partial charge in [-0.2, -0.15) is 11.8 Å². The van der Waals surface area contributed by atoms with Gasteiger partial charge in [0.05, 0.1) is 0 Å². The number of urea groups is 1. The Morgan fingerprint density at radius 3 is 2.64 bits per heavy atom. The molecule has 0 unspecified atom stereocenters. The number of benzene rings is 2. The van der Waals surface area contributed by atoms with Crippen LogP contribution in [0.1, 0.15) is 16.7 Å². The van der Waals surface area contributed by atoms with Gasteiger partial charge >= 0.3 is 6.03 Å². The average Bonchev–Trinajstić information content (AvgIpc) is 3.09. The van der Waals surface area contributed by atoms with E-state index in [0.717, 1.165) is 28.6 Å². The maximum atomic E-state index is 11.8. The predicted octanol–water partition coefficient (Wildman–Crippen LogP) is 3.46. The number of hydrogen-bond donors (Lipinski definition) is 2. The van der Waals surface area contributed by atoms with Crippen molar-refractivity contribution < 1.29 is 14.3 Å². The van der Waals surface area contributed by atoms with Crippen molar-refractivity contribution in [1.29, 1.82) is 0 Å². The van der Waals surface area contributed by atoms with Crippen LogP contribution in [0.5, 0.6) is 11.5 Å². The van der Waals surface area contributed by atoms with E-state index in [1.54, 1.807) is 0 Å². The minimum absolute atomic E-state index is 0.159. The van der Waals surface area contributed by atoms with Crippen LogP contribution in [0.2, 0.25) is 0 Å². The van der Waals surface area contributed by atoms with E-state index in [4.69, 9.17) is 9.47 Å². The van der Waals surface area contributed by atoms with Gasteiger partial charge < -0.3 is 20.1 Å². The highest BCUT2D eigenvalue weighted by atomic mass is 32.2. The van der Waals surface area contributed by atoms with Crippen molar-refractivity contribution >= 4 is 17.8 Å². The molecule has 25 heavy (non-hydrogen) atoms. The van der Waals surface area contributed by atoms with Crippen LogP contribution in [0, 0.1) is 6.92 Å². The number of aryl methyl sites for hydroxylation is 1. The lowest BCUT2D eigenvalue weighted by molar-refractivity contribution is 0.174. The highest BCUT2D eigenvalue weighted by Crippen LogP contribution is 2.32. The molecule has 1 aliphatic heterocycles. The number of thioether (sulfide) groups is 1. The molecule has 0 radical (unpaired) electrons. The number of carbonyl (C=O) groups is 1. The van der Waals surface area contributed by atoms with E-state index in [-0.39, 0.29) is 12.8 Å². The Morgan fingerprint density at radius 1 is 1.04 bits per heavy atom. The summed E-state index contributed by atoms with van der Waals surface area (Å²) >= 11 is 1.81. The largest absolute Gasteiger partial charge is 0.454 e.